The molecule has 0 aromatic rings. The molecule has 0 radical (unpaired) electrons. The number of methoxy groups -OCH3 is 1. The van der Waals surface area contributed by atoms with Crippen LogP contribution in [0.1, 0.15) is 32.6 Å². The molecule has 0 bridgehead atoms. The van der Waals surface area contributed by atoms with Gasteiger partial charge >= 0.3 is 0 Å². The molecule has 0 fully saturated rings. The third kappa shape index (κ3) is 10.2. The van der Waals surface area contributed by atoms with Gasteiger partial charge in [0.1, 0.15) is 0 Å². The van der Waals surface area contributed by atoms with Crippen LogP contribution in [0.25, 0.3) is 0 Å². The minimum absolute atomic E-state index is 0.539. The van der Waals surface area contributed by atoms with Crippen molar-refractivity contribution in [2.45, 2.75) is 38.6 Å². The van der Waals surface area contributed by atoms with Gasteiger partial charge in [-0.25, -0.2) is 0 Å². The molecule has 3 heteroatoms. The maximum Gasteiger partial charge on any atom is 0.0615 e. The molecule has 1 N–H and O–H groups in total. The maximum absolute atomic E-state index is 5.21. The summed E-state index contributed by atoms with van der Waals surface area (Å²) in [6.45, 7) is 5.31. The number of hydrogen-bond donors (Lipinski definition) is 1. The molecular weight excluding hydrogens is 188 g/mol. The average Bonchev–Trinajstić information content (AvgIpc) is 2.20. The molecule has 1 atom stereocenters. The van der Waals surface area contributed by atoms with Crippen LogP contribution in [0.4, 0.5) is 0 Å². The third-order valence-electron chi connectivity index (χ3n) is 2.49. The van der Waals surface area contributed by atoms with Crippen molar-refractivity contribution in [2.75, 3.05) is 40.9 Å². The van der Waals surface area contributed by atoms with Crippen molar-refractivity contribution in [3.8, 4) is 0 Å². The van der Waals surface area contributed by atoms with Crippen LogP contribution >= 0.6 is 0 Å². The van der Waals surface area contributed by atoms with Crippen molar-refractivity contribution in [1.82, 2.24) is 10.2 Å². The van der Waals surface area contributed by atoms with Crippen molar-refractivity contribution in [1.29, 1.82) is 0 Å². The highest BCUT2D eigenvalue weighted by molar-refractivity contribution is 4.66. The van der Waals surface area contributed by atoms with Crippen molar-refractivity contribution >= 4 is 0 Å². The Morgan fingerprint density at radius 2 is 2.00 bits per heavy atom. The molecule has 0 aliphatic carbocycles. The number of ether oxygens (including phenoxy) is 1. The van der Waals surface area contributed by atoms with E-state index in [4.69, 9.17) is 4.74 Å². The predicted octanol–water partition coefficient (Wildman–Crippen LogP) is 1.73. The third-order valence-corrected chi connectivity index (χ3v) is 2.49. The second kappa shape index (κ2) is 10.4. The number of hydrogen-bond acceptors (Lipinski definition) is 3. The van der Waals surface area contributed by atoms with E-state index in [-0.39, 0.29) is 0 Å². The lowest BCUT2D eigenvalue weighted by Gasteiger charge is -2.18. The molecule has 0 aromatic carbocycles. The van der Waals surface area contributed by atoms with Gasteiger partial charge in [0.15, 0.2) is 0 Å². The van der Waals surface area contributed by atoms with Crippen LogP contribution in [0.2, 0.25) is 0 Å². The van der Waals surface area contributed by atoms with Crippen LogP contribution in [-0.4, -0.2) is 51.8 Å². The maximum atomic E-state index is 5.21. The normalized spacial score (nSPS) is 13.4. The van der Waals surface area contributed by atoms with Gasteiger partial charge in [-0.15, -0.1) is 0 Å². The quantitative estimate of drug-likeness (QED) is 0.563. The largest absolute Gasteiger partial charge is 0.383 e. The summed E-state index contributed by atoms with van der Waals surface area (Å²) in [6.07, 6.45) is 4.99. The number of unbranched alkanes of at least 4 members (excludes halogenated alkanes) is 1. The summed E-state index contributed by atoms with van der Waals surface area (Å²) in [5.41, 5.74) is 0. The Kier molecular flexibility index (Phi) is 10.3. The van der Waals surface area contributed by atoms with Crippen molar-refractivity contribution in [3.63, 3.8) is 0 Å². The van der Waals surface area contributed by atoms with Gasteiger partial charge in [0.2, 0.25) is 0 Å². The fourth-order valence-electron chi connectivity index (χ4n) is 1.60. The van der Waals surface area contributed by atoms with E-state index in [0.717, 1.165) is 19.7 Å². The Labute approximate surface area is 95.2 Å². The number of rotatable bonds is 10. The summed E-state index contributed by atoms with van der Waals surface area (Å²) >= 11 is 0. The highest BCUT2D eigenvalue weighted by Crippen LogP contribution is 2.01. The average molecular weight is 216 g/mol. The van der Waals surface area contributed by atoms with Gasteiger partial charge in [-0.05, 0) is 40.0 Å². The first-order chi connectivity index (χ1) is 7.20. The highest BCUT2D eigenvalue weighted by atomic mass is 16.5. The molecule has 3 nitrogen and oxygen atoms in total. The van der Waals surface area contributed by atoms with Crippen LogP contribution in [0.15, 0.2) is 0 Å². The number of nitrogens with zero attached hydrogens (tertiary/aromatic N) is 1. The Morgan fingerprint density at radius 3 is 2.53 bits per heavy atom. The molecule has 0 heterocycles. The van der Waals surface area contributed by atoms with Gasteiger partial charge in [-0.3, -0.25) is 0 Å². The van der Waals surface area contributed by atoms with Crippen LogP contribution in [0.5, 0.6) is 0 Å². The summed E-state index contributed by atoms with van der Waals surface area (Å²) in [5.74, 6) is 0. The molecule has 0 saturated heterocycles. The Hall–Kier alpha value is -0.120. The summed E-state index contributed by atoms with van der Waals surface area (Å²) in [4.78, 5) is 2.22. The molecule has 1 unspecified atom stereocenters. The molecule has 0 aliphatic heterocycles. The van der Waals surface area contributed by atoms with Gasteiger partial charge < -0.3 is 15.0 Å². The van der Waals surface area contributed by atoms with E-state index in [9.17, 15) is 0 Å². The Balaban J connectivity index is 3.47. The fourth-order valence-corrected chi connectivity index (χ4v) is 1.60. The highest BCUT2D eigenvalue weighted by Gasteiger charge is 2.06. The zero-order valence-corrected chi connectivity index (χ0v) is 10.9. The second-order valence-corrected chi connectivity index (χ2v) is 4.41. The second-order valence-electron chi connectivity index (χ2n) is 4.41. The minimum Gasteiger partial charge on any atom is -0.383 e. The lowest BCUT2D eigenvalue weighted by atomic mass is 10.1. The lowest BCUT2D eigenvalue weighted by Crippen LogP contribution is -2.35. The zero-order chi connectivity index (χ0) is 11.5. The van der Waals surface area contributed by atoms with Crippen LogP contribution in [0, 0.1) is 0 Å². The SMILES string of the molecule is CCCCC(COC)NCCCN(C)C. The van der Waals surface area contributed by atoms with Gasteiger partial charge in [-0.1, -0.05) is 19.8 Å². The van der Waals surface area contributed by atoms with Crippen LogP contribution in [-0.2, 0) is 4.74 Å². The van der Waals surface area contributed by atoms with Crippen LogP contribution < -0.4 is 5.32 Å². The van der Waals surface area contributed by atoms with E-state index in [2.05, 4.69) is 31.2 Å². The standard InChI is InChI=1S/C12H28N2O/c1-5-6-8-12(11-15-4)13-9-7-10-14(2)3/h12-13H,5-11H2,1-4H3. The van der Waals surface area contributed by atoms with Crippen molar-refractivity contribution < 1.29 is 4.74 Å². The van der Waals surface area contributed by atoms with Gasteiger partial charge in [0, 0.05) is 13.2 Å². The van der Waals surface area contributed by atoms with Gasteiger partial charge in [0.25, 0.3) is 0 Å². The minimum atomic E-state index is 0.539. The topological polar surface area (TPSA) is 24.5 Å². The van der Waals surface area contributed by atoms with E-state index >= 15 is 0 Å². The van der Waals surface area contributed by atoms with Crippen molar-refractivity contribution in [2.24, 2.45) is 0 Å². The smallest absolute Gasteiger partial charge is 0.0615 e. The molecule has 15 heavy (non-hydrogen) atoms. The van der Waals surface area contributed by atoms with Gasteiger partial charge in [-0.2, -0.15) is 0 Å². The molecule has 0 spiro atoms. The van der Waals surface area contributed by atoms with Gasteiger partial charge in [0.05, 0.1) is 6.61 Å². The Bertz CT molecular complexity index is 129. The number of nitrogens with one attached hydrogen (secondary N) is 1. The van der Waals surface area contributed by atoms with E-state index in [1.165, 1.54) is 25.7 Å². The summed E-state index contributed by atoms with van der Waals surface area (Å²) in [5, 5.41) is 3.56. The molecule has 0 saturated carbocycles. The van der Waals surface area contributed by atoms with E-state index < -0.39 is 0 Å². The molecule has 0 rings (SSSR count). The molecule has 92 valence electrons. The fraction of sp³-hybridized carbons (Fsp3) is 1.00. The van der Waals surface area contributed by atoms with Crippen molar-refractivity contribution in [3.05, 3.63) is 0 Å². The first kappa shape index (κ1) is 14.9. The molecule has 0 amide bonds. The zero-order valence-electron chi connectivity index (χ0n) is 10.9. The van der Waals surface area contributed by atoms with Crippen LogP contribution in [0.3, 0.4) is 0 Å². The van der Waals surface area contributed by atoms with E-state index in [1.807, 2.05) is 0 Å². The molecular formula is C12H28N2O. The summed E-state index contributed by atoms with van der Waals surface area (Å²) in [6, 6.07) is 0.539. The first-order valence-corrected chi connectivity index (χ1v) is 6.07. The summed E-state index contributed by atoms with van der Waals surface area (Å²) in [7, 11) is 6.01. The Morgan fingerprint density at radius 1 is 1.27 bits per heavy atom. The first-order valence-electron chi connectivity index (χ1n) is 6.07. The van der Waals surface area contributed by atoms with E-state index in [1.54, 1.807) is 7.11 Å². The molecule has 0 aromatic heterocycles. The monoisotopic (exact) mass is 216 g/mol. The lowest BCUT2D eigenvalue weighted by molar-refractivity contribution is 0.161. The van der Waals surface area contributed by atoms with E-state index in [0.29, 0.717) is 6.04 Å². The molecule has 0 aliphatic rings. The summed E-state index contributed by atoms with van der Waals surface area (Å²) < 4.78 is 5.21. The predicted molar refractivity (Wildman–Crippen MR) is 66.4 cm³/mol.